The van der Waals surface area contributed by atoms with Gasteiger partial charge in [-0.25, -0.2) is 4.79 Å². The molecule has 1 aromatic heterocycles. The average molecular weight is 807 g/mol. The molecule has 57 heavy (non-hydrogen) atoms. The first kappa shape index (κ1) is 44.3. The van der Waals surface area contributed by atoms with E-state index in [4.69, 9.17) is 37.6 Å². The van der Waals surface area contributed by atoms with Crippen molar-refractivity contribution in [1.29, 1.82) is 0 Å². The van der Waals surface area contributed by atoms with Crippen molar-refractivity contribution in [3.8, 4) is 0 Å². The molecule has 15 atom stereocenters. The number of hydrogen-bond donors (Lipinski definition) is 3. The lowest BCUT2D eigenvalue weighted by Crippen LogP contribution is -2.72. The number of furan rings is 1. The summed E-state index contributed by atoms with van der Waals surface area (Å²) in [7, 11) is 1.18. The molecule has 2 aliphatic heterocycles. The van der Waals surface area contributed by atoms with Crippen LogP contribution >= 0.6 is 0 Å². The van der Waals surface area contributed by atoms with Gasteiger partial charge >= 0.3 is 23.9 Å². The molecule has 4 aliphatic rings. The minimum Gasteiger partial charge on any atom is -0.472 e. The molecule has 2 bridgehead atoms. The standard InChI is InChI=1S/C41H58O16/c1-11-21(3)32(45)36(47)56-34-33(52-20-42)31(38(8)27(16-30(44)50-10)37(7)19-53-40(48,57-37)17-29(38)54-24(6)43)23(5)41(49)28(55-35(46)22(4)12-2)15-26(39(34,41)9)25-13-14-51-18-25/h13-14,18,20-22,26-29,31-34,45,48-49H,5,11-12,15-17,19H2,1-4,6-10H3/t21-,22-,26+,27+,28-,29+,31?,32-,33-,34+,37-,38-,39-,40+,41-/m1/s1. The number of carbonyl (C=O) groups excluding carboxylic acids is 5. The van der Waals surface area contributed by atoms with Crippen molar-refractivity contribution in [3.05, 3.63) is 36.3 Å². The van der Waals surface area contributed by atoms with Crippen LogP contribution in [0, 0.1) is 34.5 Å². The summed E-state index contributed by atoms with van der Waals surface area (Å²) in [5, 5.41) is 36.6. The number of esters is 4. The van der Waals surface area contributed by atoms with Crippen molar-refractivity contribution in [3.63, 3.8) is 0 Å². The van der Waals surface area contributed by atoms with Crippen molar-refractivity contribution in [2.75, 3.05) is 13.7 Å². The Morgan fingerprint density at radius 3 is 2.28 bits per heavy atom. The summed E-state index contributed by atoms with van der Waals surface area (Å²) in [6, 6.07) is 1.65. The highest BCUT2D eigenvalue weighted by atomic mass is 16.9. The maximum Gasteiger partial charge on any atom is 0.335 e. The maximum absolute atomic E-state index is 14.1. The minimum atomic E-state index is -2.34. The Hall–Kier alpha value is -3.83. The van der Waals surface area contributed by atoms with Gasteiger partial charge in [0.05, 0.1) is 56.0 Å². The van der Waals surface area contributed by atoms with Crippen LogP contribution in [0.3, 0.4) is 0 Å². The molecule has 16 nitrogen and oxygen atoms in total. The van der Waals surface area contributed by atoms with E-state index in [1.54, 1.807) is 54.5 Å². The summed E-state index contributed by atoms with van der Waals surface area (Å²) in [5.74, 6) is -10.1. The lowest BCUT2D eigenvalue weighted by atomic mass is 9.46. The monoisotopic (exact) mass is 806 g/mol. The van der Waals surface area contributed by atoms with E-state index in [2.05, 4.69) is 6.58 Å². The molecule has 0 aromatic carbocycles. The Balaban J connectivity index is 1.87. The third-order valence-electron chi connectivity index (χ3n) is 13.8. The topological polar surface area (TPSA) is 224 Å². The molecule has 0 spiro atoms. The fourth-order valence-electron chi connectivity index (χ4n) is 10.2. The van der Waals surface area contributed by atoms with Crippen molar-refractivity contribution in [2.45, 2.75) is 141 Å². The average Bonchev–Trinajstić information content (AvgIpc) is 3.86. The van der Waals surface area contributed by atoms with Crippen LogP contribution in [0.4, 0.5) is 0 Å². The van der Waals surface area contributed by atoms with Gasteiger partial charge in [0, 0.05) is 30.1 Å². The molecular weight excluding hydrogens is 748 g/mol. The van der Waals surface area contributed by atoms with Gasteiger partial charge in [0.25, 0.3) is 12.4 Å². The van der Waals surface area contributed by atoms with Crippen molar-refractivity contribution in [2.24, 2.45) is 34.5 Å². The molecule has 2 saturated heterocycles. The van der Waals surface area contributed by atoms with Crippen LogP contribution < -0.4 is 0 Å². The second-order valence-corrected chi connectivity index (χ2v) is 16.9. The second kappa shape index (κ2) is 16.1. The van der Waals surface area contributed by atoms with Gasteiger partial charge < -0.3 is 52.9 Å². The number of fused-ring (bicyclic) bond motifs is 3. The third-order valence-corrected chi connectivity index (χ3v) is 13.8. The van der Waals surface area contributed by atoms with Gasteiger partial charge in [-0.3, -0.25) is 19.2 Å². The Bertz CT molecular complexity index is 1690. The molecule has 5 rings (SSSR count). The first-order valence-electron chi connectivity index (χ1n) is 19.6. The molecule has 3 heterocycles. The number of methoxy groups -OCH3 is 1. The molecule has 318 valence electrons. The Kier molecular flexibility index (Phi) is 12.5. The summed E-state index contributed by atoms with van der Waals surface area (Å²) in [6.07, 6.45) is -5.04. The van der Waals surface area contributed by atoms with Crippen molar-refractivity contribution < 1.29 is 76.9 Å². The smallest absolute Gasteiger partial charge is 0.335 e. The number of hydrogen-bond acceptors (Lipinski definition) is 16. The molecule has 3 N–H and O–H groups in total. The summed E-state index contributed by atoms with van der Waals surface area (Å²) in [6.45, 7) is 17.2. The lowest BCUT2D eigenvalue weighted by molar-refractivity contribution is -0.328. The van der Waals surface area contributed by atoms with Crippen molar-refractivity contribution >= 4 is 30.3 Å². The van der Waals surface area contributed by atoms with Crippen molar-refractivity contribution in [1.82, 2.24) is 0 Å². The Labute approximate surface area is 332 Å². The zero-order valence-electron chi connectivity index (χ0n) is 34.2. The SMILES string of the molecule is C=C1C([C@@]2(C)[C@@H](OC(C)=O)C[C@]3(O)OC[C@@](C)(O3)[C@@H]2CC(=O)OC)[C@@H](OC=O)[C@H](OC(=O)[C@H](O)[C@H](C)CC)[C@@]2(C)[C@H](c3ccoc3)C[C@@H](OC(=O)[C@H](C)CC)[C@]12O. The zero-order chi connectivity index (χ0) is 42.5. The van der Waals surface area contributed by atoms with Crippen LogP contribution in [-0.4, -0.2) is 107 Å². The molecule has 1 unspecified atom stereocenters. The van der Waals surface area contributed by atoms with Gasteiger partial charge in [0.15, 0.2) is 6.10 Å². The fourth-order valence-corrected chi connectivity index (χ4v) is 10.2. The van der Waals surface area contributed by atoms with Crippen LogP contribution in [-0.2, 0) is 57.1 Å². The zero-order valence-corrected chi connectivity index (χ0v) is 34.2. The molecule has 1 aromatic rings. The van der Waals surface area contributed by atoms with Gasteiger partial charge in [0.1, 0.15) is 30.0 Å². The third kappa shape index (κ3) is 7.19. The molecular formula is C41H58O16. The number of aliphatic hydroxyl groups is 3. The summed E-state index contributed by atoms with van der Waals surface area (Å²) < 4.78 is 47.1. The quantitative estimate of drug-likeness (QED) is 0.106. The maximum atomic E-state index is 14.1. The number of ether oxygens (including phenoxy) is 7. The minimum absolute atomic E-state index is 0.0552. The van der Waals surface area contributed by atoms with Crippen LogP contribution in [0.25, 0.3) is 0 Å². The molecule has 2 saturated carbocycles. The van der Waals surface area contributed by atoms with E-state index in [0.29, 0.717) is 18.4 Å². The largest absolute Gasteiger partial charge is 0.472 e. The van der Waals surface area contributed by atoms with Gasteiger partial charge in [-0.1, -0.05) is 54.5 Å². The van der Waals surface area contributed by atoms with Crippen LogP contribution in [0.15, 0.2) is 35.2 Å². The normalized spacial score (nSPS) is 40.1. The van der Waals surface area contributed by atoms with E-state index in [-0.39, 0.29) is 25.1 Å². The Morgan fingerprint density at radius 2 is 1.72 bits per heavy atom. The highest BCUT2D eigenvalue weighted by Crippen LogP contribution is 2.70. The fraction of sp³-hybridized carbons (Fsp3) is 0.732. The molecule has 0 radical (unpaired) electrons. The van der Waals surface area contributed by atoms with Gasteiger partial charge in [0.2, 0.25) is 0 Å². The lowest BCUT2D eigenvalue weighted by Gasteiger charge is -2.62. The molecule has 0 amide bonds. The summed E-state index contributed by atoms with van der Waals surface area (Å²) in [4.78, 5) is 66.9. The second-order valence-electron chi connectivity index (χ2n) is 16.9. The highest BCUT2D eigenvalue weighted by Gasteiger charge is 2.79. The van der Waals surface area contributed by atoms with E-state index in [1.807, 2.05) is 0 Å². The first-order chi connectivity index (χ1) is 26.6. The summed E-state index contributed by atoms with van der Waals surface area (Å²) in [5.41, 5.74) is -6.89. The van der Waals surface area contributed by atoms with Crippen LogP contribution in [0.2, 0.25) is 0 Å². The van der Waals surface area contributed by atoms with E-state index >= 15 is 0 Å². The van der Waals surface area contributed by atoms with Crippen LogP contribution in [0.5, 0.6) is 0 Å². The van der Waals surface area contributed by atoms with Crippen LogP contribution in [0.1, 0.15) is 99.0 Å². The predicted octanol–water partition coefficient (Wildman–Crippen LogP) is 3.48. The van der Waals surface area contributed by atoms with E-state index in [1.165, 1.54) is 19.6 Å². The van der Waals surface area contributed by atoms with E-state index < -0.39 is 125 Å². The number of carbonyl (C=O) groups is 5. The Morgan fingerprint density at radius 1 is 1.04 bits per heavy atom. The molecule has 16 heteroatoms. The molecule has 4 fully saturated rings. The van der Waals surface area contributed by atoms with Gasteiger partial charge in [-0.2, -0.15) is 0 Å². The number of rotatable bonds is 14. The highest BCUT2D eigenvalue weighted by molar-refractivity contribution is 5.75. The first-order valence-corrected chi connectivity index (χ1v) is 19.6. The van der Waals surface area contributed by atoms with E-state index in [9.17, 15) is 39.3 Å². The van der Waals surface area contributed by atoms with Gasteiger partial charge in [-0.05, 0) is 42.9 Å². The molecule has 2 aliphatic carbocycles. The van der Waals surface area contributed by atoms with E-state index in [0.717, 1.165) is 6.92 Å². The number of aliphatic hydroxyl groups excluding tert-OH is 1. The van der Waals surface area contributed by atoms with Gasteiger partial charge in [-0.15, -0.1) is 0 Å². The summed E-state index contributed by atoms with van der Waals surface area (Å²) >= 11 is 0. The predicted molar refractivity (Wildman–Crippen MR) is 196 cm³/mol.